The molecule has 0 unspecified atom stereocenters. The third-order valence-electron chi connectivity index (χ3n) is 3.35. The highest BCUT2D eigenvalue weighted by Crippen LogP contribution is 2.42. The smallest absolute Gasteiger partial charge is 0.410 e. The molecule has 86 valence electrons. The molecular formula is C11H20N2O2. The largest absolute Gasteiger partial charge is 0.444 e. The summed E-state index contributed by atoms with van der Waals surface area (Å²) in [6.45, 7) is 7.08. The maximum absolute atomic E-state index is 11.8. The Morgan fingerprint density at radius 1 is 1.53 bits per heavy atom. The second-order valence-corrected chi connectivity index (χ2v) is 5.83. The van der Waals surface area contributed by atoms with Crippen LogP contribution >= 0.6 is 0 Å². The maximum Gasteiger partial charge on any atom is 0.410 e. The quantitative estimate of drug-likeness (QED) is 0.659. The summed E-state index contributed by atoms with van der Waals surface area (Å²) in [6, 6.07) is 0. The van der Waals surface area contributed by atoms with Crippen LogP contribution in [0.15, 0.2) is 0 Å². The van der Waals surface area contributed by atoms with E-state index in [1.807, 2.05) is 20.8 Å². The number of fused-ring (bicyclic) bond motifs is 1. The molecule has 4 heteroatoms. The van der Waals surface area contributed by atoms with Gasteiger partial charge in [-0.1, -0.05) is 0 Å². The Hall–Kier alpha value is -0.770. The maximum atomic E-state index is 11.8. The molecule has 0 radical (unpaired) electrons. The first kappa shape index (κ1) is 10.7. The van der Waals surface area contributed by atoms with Gasteiger partial charge in [0.2, 0.25) is 0 Å². The van der Waals surface area contributed by atoms with Gasteiger partial charge in [-0.2, -0.15) is 0 Å². The molecule has 2 atom stereocenters. The predicted octanol–water partition coefficient (Wildman–Crippen LogP) is 1.34. The Bertz CT molecular complexity index is 285. The summed E-state index contributed by atoms with van der Waals surface area (Å²) in [7, 11) is 0. The first-order valence-corrected chi connectivity index (χ1v) is 5.57. The summed E-state index contributed by atoms with van der Waals surface area (Å²) in [5, 5.41) is 0. The number of ether oxygens (including phenoxy) is 1. The number of nitrogens with two attached hydrogens (primary N) is 1. The van der Waals surface area contributed by atoms with Gasteiger partial charge in [-0.25, -0.2) is 4.79 Å². The van der Waals surface area contributed by atoms with Gasteiger partial charge in [-0.05, 0) is 39.5 Å². The van der Waals surface area contributed by atoms with Crippen molar-refractivity contribution < 1.29 is 9.53 Å². The number of rotatable bonds is 0. The monoisotopic (exact) mass is 212 g/mol. The Morgan fingerprint density at radius 2 is 2.20 bits per heavy atom. The zero-order valence-electron chi connectivity index (χ0n) is 9.75. The molecule has 0 aromatic carbocycles. The van der Waals surface area contributed by atoms with Crippen LogP contribution in [0, 0.1) is 5.92 Å². The molecule has 1 saturated carbocycles. The molecule has 4 nitrogen and oxygen atoms in total. The van der Waals surface area contributed by atoms with Crippen LogP contribution in [0.5, 0.6) is 0 Å². The molecule has 1 amide bonds. The van der Waals surface area contributed by atoms with Crippen LogP contribution in [0.4, 0.5) is 4.79 Å². The second kappa shape index (κ2) is 3.11. The van der Waals surface area contributed by atoms with Gasteiger partial charge in [-0.15, -0.1) is 0 Å². The summed E-state index contributed by atoms with van der Waals surface area (Å²) in [5.74, 6) is 0.491. The third kappa shape index (κ3) is 1.95. The highest BCUT2D eigenvalue weighted by atomic mass is 16.6. The predicted molar refractivity (Wildman–Crippen MR) is 57.4 cm³/mol. The van der Waals surface area contributed by atoms with Crippen LogP contribution in [-0.4, -0.2) is 35.2 Å². The van der Waals surface area contributed by atoms with E-state index >= 15 is 0 Å². The Labute approximate surface area is 90.8 Å². The zero-order chi connectivity index (χ0) is 11.3. The van der Waals surface area contributed by atoms with Gasteiger partial charge in [0.05, 0.1) is 0 Å². The number of nitrogens with zero attached hydrogens (tertiary/aromatic N) is 1. The lowest BCUT2D eigenvalue weighted by atomic mass is 9.70. The molecule has 0 aromatic rings. The molecule has 0 spiro atoms. The number of carbonyl (C=O) groups is 1. The van der Waals surface area contributed by atoms with Crippen molar-refractivity contribution >= 4 is 6.09 Å². The van der Waals surface area contributed by atoms with Crippen LogP contribution < -0.4 is 5.73 Å². The molecule has 1 heterocycles. The molecule has 2 N–H and O–H groups in total. The van der Waals surface area contributed by atoms with Gasteiger partial charge in [0, 0.05) is 18.6 Å². The lowest BCUT2D eigenvalue weighted by molar-refractivity contribution is 0.0285. The molecule has 1 aliphatic carbocycles. The lowest BCUT2D eigenvalue weighted by Crippen LogP contribution is -2.54. The molecule has 1 aliphatic heterocycles. The average Bonchev–Trinajstić information content (AvgIpc) is 2.26. The minimum atomic E-state index is -0.416. The van der Waals surface area contributed by atoms with Crippen LogP contribution in [-0.2, 0) is 4.74 Å². The average molecular weight is 212 g/mol. The molecule has 0 bridgehead atoms. The Kier molecular flexibility index (Phi) is 2.23. The van der Waals surface area contributed by atoms with Crippen molar-refractivity contribution in [1.29, 1.82) is 0 Å². The topological polar surface area (TPSA) is 55.6 Å². The van der Waals surface area contributed by atoms with Crippen LogP contribution in [0.3, 0.4) is 0 Å². The summed E-state index contributed by atoms with van der Waals surface area (Å²) < 4.78 is 5.32. The standard InChI is InChI=1S/C11H20N2O2/c1-10(2,3)15-9(14)13-6-8-4-5-11(8,12)7-13/h8H,4-7,12H2,1-3H3/t8-,11+/m1/s1. The van der Waals surface area contributed by atoms with Gasteiger partial charge in [0.15, 0.2) is 0 Å². The molecular weight excluding hydrogens is 192 g/mol. The van der Waals surface area contributed by atoms with E-state index in [1.165, 1.54) is 0 Å². The van der Waals surface area contributed by atoms with E-state index in [1.54, 1.807) is 4.90 Å². The molecule has 0 aromatic heterocycles. The molecule has 2 fully saturated rings. The summed E-state index contributed by atoms with van der Waals surface area (Å²) in [6.07, 6.45) is 1.97. The fraction of sp³-hybridized carbons (Fsp3) is 0.909. The number of amides is 1. The first-order valence-electron chi connectivity index (χ1n) is 5.57. The van der Waals surface area contributed by atoms with Gasteiger partial charge in [0.25, 0.3) is 0 Å². The van der Waals surface area contributed by atoms with E-state index in [4.69, 9.17) is 10.5 Å². The van der Waals surface area contributed by atoms with E-state index in [0.29, 0.717) is 12.5 Å². The summed E-state index contributed by atoms with van der Waals surface area (Å²) >= 11 is 0. The number of likely N-dealkylation sites (tertiary alicyclic amines) is 1. The second-order valence-electron chi connectivity index (χ2n) is 5.83. The SMILES string of the molecule is CC(C)(C)OC(=O)N1C[C@H]2CC[C@]2(N)C1. The molecule has 2 rings (SSSR count). The minimum Gasteiger partial charge on any atom is -0.444 e. The van der Waals surface area contributed by atoms with Crippen molar-refractivity contribution in [3.63, 3.8) is 0 Å². The Balaban J connectivity index is 1.94. The first-order chi connectivity index (χ1) is 6.80. The van der Waals surface area contributed by atoms with Crippen molar-refractivity contribution in [2.24, 2.45) is 11.7 Å². The Morgan fingerprint density at radius 3 is 2.53 bits per heavy atom. The van der Waals surface area contributed by atoms with E-state index in [0.717, 1.165) is 19.4 Å². The lowest BCUT2D eigenvalue weighted by Gasteiger charge is -2.39. The van der Waals surface area contributed by atoms with Gasteiger partial charge < -0.3 is 15.4 Å². The van der Waals surface area contributed by atoms with Crippen molar-refractivity contribution in [1.82, 2.24) is 4.90 Å². The van der Waals surface area contributed by atoms with E-state index in [9.17, 15) is 4.79 Å². The van der Waals surface area contributed by atoms with E-state index in [2.05, 4.69) is 0 Å². The van der Waals surface area contributed by atoms with Gasteiger partial charge >= 0.3 is 6.09 Å². The van der Waals surface area contributed by atoms with Crippen molar-refractivity contribution in [2.75, 3.05) is 13.1 Å². The zero-order valence-corrected chi connectivity index (χ0v) is 9.75. The summed E-state index contributed by atoms with van der Waals surface area (Å²) in [4.78, 5) is 13.5. The minimum absolute atomic E-state index is 0.114. The number of hydrogen-bond donors (Lipinski definition) is 1. The molecule has 2 aliphatic rings. The fourth-order valence-corrected chi connectivity index (χ4v) is 2.35. The highest BCUT2D eigenvalue weighted by molar-refractivity contribution is 5.69. The van der Waals surface area contributed by atoms with Crippen molar-refractivity contribution in [2.45, 2.75) is 44.8 Å². The number of carbonyl (C=O) groups excluding carboxylic acids is 1. The van der Waals surface area contributed by atoms with Crippen LogP contribution in [0.2, 0.25) is 0 Å². The van der Waals surface area contributed by atoms with Crippen molar-refractivity contribution in [3.8, 4) is 0 Å². The fourth-order valence-electron chi connectivity index (χ4n) is 2.35. The van der Waals surface area contributed by atoms with Crippen molar-refractivity contribution in [3.05, 3.63) is 0 Å². The van der Waals surface area contributed by atoms with Crippen LogP contribution in [0.1, 0.15) is 33.6 Å². The van der Waals surface area contributed by atoms with Crippen LogP contribution in [0.25, 0.3) is 0 Å². The van der Waals surface area contributed by atoms with Gasteiger partial charge in [0.1, 0.15) is 5.60 Å². The normalized spacial score (nSPS) is 34.7. The van der Waals surface area contributed by atoms with E-state index in [-0.39, 0.29) is 11.6 Å². The van der Waals surface area contributed by atoms with Gasteiger partial charge in [-0.3, -0.25) is 0 Å². The molecule has 1 saturated heterocycles. The van der Waals surface area contributed by atoms with E-state index < -0.39 is 5.60 Å². The highest BCUT2D eigenvalue weighted by Gasteiger charge is 2.51. The summed E-state index contributed by atoms with van der Waals surface area (Å²) in [5.41, 5.74) is 5.62. The third-order valence-corrected chi connectivity index (χ3v) is 3.35. The molecule has 15 heavy (non-hydrogen) atoms. The number of hydrogen-bond acceptors (Lipinski definition) is 3.